The zero-order valence-corrected chi connectivity index (χ0v) is 11.5. The lowest BCUT2D eigenvalue weighted by Crippen LogP contribution is -1.97. The maximum Gasteiger partial charge on any atom is 0.303 e. The van der Waals surface area contributed by atoms with Gasteiger partial charge in [-0.25, -0.2) is 4.98 Å². The zero-order valence-electron chi connectivity index (χ0n) is 11.5. The minimum atomic E-state index is -0.833. The molecule has 1 aromatic heterocycles. The second kappa shape index (κ2) is 5.12. The number of rotatable bonds is 4. The molecule has 0 saturated heterocycles. The van der Waals surface area contributed by atoms with E-state index in [2.05, 4.69) is 23.2 Å². The van der Waals surface area contributed by atoms with Crippen LogP contribution in [0.5, 0.6) is 0 Å². The number of hydrogen-bond acceptors (Lipinski definition) is 3. The highest BCUT2D eigenvalue weighted by Crippen LogP contribution is 2.30. The number of carbonyl (C=O) groups is 1. The lowest BCUT2D eigenvalue weighted by atomic mass is 10.0. The Morgan fingerprint density at radius 2 is 2.15 bits per heavy atom. The molecule has 4 nitrogen and oxygen atoms in total. The fourth-order valence-corrected chi connectivity index (χ4v) is 2.75. The average molecular weight is 271 g/mol. The van der Waals surface area contributed by atoms with E-state index in [1.165, 1.54) is 17.5 Å². The number of carboxylic acid groups (broad SMARTS) is 1. The van der Waals surface area contributed by atoms with Crippen molar-refractivity contribution in [2.75, 3.05) is 0 Å². The number of benzene rings is 1. The highest BCUT2D eigenvalue weighted by Gasteiger charge is 2.16. The Balaban J connectivity index is 1.88. The number of hydrogen-bond donors (Lipinski definition) is 1. The molecule has 0 radical (unpaired) electrons. The van der Waals surface area contributed by atoms with Crippen LogP contribution in [0.3, 0.4) is 0 Å². The van der Waals surface area contributed by atoms with Gasteiger partial charge in [0.15, 0.2) is 11.7 Å². The molecule has 1 heterocycles. The predicted molar refractivity (Wildman–Crippen MR) is 74.7 cm³/mol. The molecule has 1 aliphatic rings. The first-order valence-corrected chi connectivity index (χ1v) is 6.94. The summed E-state index contributed by atoms with van der Waals surface area (Å²) in [5.41, 5.74) is 4.68. The molecule has 104 valence electrons. The number of aromatic nitrogens is 1. The van der Waals surface area contributed by atoms with E-state index in [1.807, 2.05) is 6.92 Å². The zero-order chi connectivity index (χ0) is 14.1. The molecule has 0 spiro atoms. The van der Waals surface area contributed by atoms with Crippen LogP contribution < -0.4 is 0 Å². The van der Waals surface area contributed by atoms with Gasteiger partial charge in [0, 0.05) is 12.0 Å². The Kier molecular flexibility index (Phi) is 3.30. The molecular weight excluding hydrogens is 254 g/mol. The highest BCUT2D eigenvalue weighted by molar-refractivity contribution is 5.67. The van der Waals surface area contributed by atoms with E-state index in [4.69, 9.17) is 9.52 Å². The van der Waals surface area contributed by atoms with Gasteiger partial charge in [-0.2, -0.15) is 0 Å². The van der Waals surface area contributed by atoms with Gasteiger partial charge in [0.2, 0.25) is 0 Å². The molecule has 0 amide bonds. The third kappa shape index (κ3) is 2.46. The van der Waals surface area contributed by atoms with Crippen LogP contribution in [0, 0.1) is 6.92 Å². The topological polar surface area (TPSA) is 63.3 Å². The molecule has 0 atom stereocenters. The van der Waals surface area contributed by atoms with Crippen LogP contribution in [0.15, 0.2) is 22.6 Å². The SMILES string of the molecule is Cc1nc(CCC(=O)O)oc1-c1ccc2c(c1)CCC2. The fourth-order valence-electron chi connectivity index (χ4n) is 2.75. The molecule has 0 bridgehead atoms. The van der Waals surface area contributed by atoms with Crippen molar-refractivity contribution in [3.8, 4) is 11.3 Å². The smallest absolute Gasteiger partial charge is 0.303 e. The molecule has 20 heavy (non-hydrogen) atoms. The monoisotopic (exact) mass is 271 g/mol. The van der Waals surface area contributed by atoms with Crippen molar-refractivity contribution in [1.82, 2.24) is 4.98 Å². The van der Waals surface area contributed by atoms with Gasteiger partial charge in [-0.05, 0) is 43.4 Å². The summed E-state index contributed by atoms with van der Waals surface area (Å²) < 4.78 is 5.74. The first-order valence-electron chi connectivity index (χ1n) is 6.94. The largest absolute Gasteiger partial charge is 0.481 e. The van der Waals surface area contributed by atoms with Crippen molar-refractivity contribution in [2.24, 2.45) is 0 Å². The number of carboxylic acids is 1. The Hall–Kier alpha value is -2.10. The average Bonchev–Trinajstić information content (AvgIpc) is 3.01. The van der Waals surface area contributed by atoms with Gasteiger partial charge in [-0.3, -0.25) is 4.79 Å². The van der Waals surface area contributed by atoms with Crippen molar-refractivity contribution >= 4 is 5.97 Å². The summed E-state index contributed by atoms with van der Waals surface area (Å²) in [6.45, 7) is 1.90. The molecule has 1 aliphatic carbocycles. The summed E-state index contributed by atoms with van der Waals surface area (Å²) in [6.07, 6.45) is 3.89. The number of aryl methyl sites for hydroxylation is 4. The summed E-state index contributed by atoms with van der Waals surface area (Å²) in [4.78, 5) is 14.9. The molecule has 3 rings (SSSR count). The van der Waals surface area contributed by atoms with Gasteiger partial charge in [0.05, 0.1) is 12.1 Å². The summed E-state index contributed by atoms with van der Waals surface area (Å²) in [5, 5.41) is 8.70. The number of aliphatic carboxylic acids is 1. The fraction of sp³-hybridized carbons (Fsp3) is 0.375. The van der Waals surface area contributed by atoms with Gasteiger partial charge in [-0.15, -0.1) is 0 Å². The molecule has 1 N–H and O–H groups in total. The lowest BCUT2D eigenvalue weighted by molar-refractivity contribution is -0.137. The van der Waals surface area contributed by atoms with Gasteiger partial charge < -0.3 is 9.52 Å². The molecule has 4 heteroatoms. The normalized spacial score (nSPS) is 13.4. The number of oxazole rings is 1. The third-order valence-electron chi connectivity index (χ3n) is 3.75. The van der Waals surface area contributed by atoms with E-state index in [1.54, 1.807) is 0 Å². The van der Waals surface area contributed by atoms with Gasteiger partial charge in [0.1, 0.15) is 0 Å². The summed E-state index contributed by atoms with van der Waals surface area (Å²) in [7, 11) is 0. The summed E-state index contributed by atoms with van der Waals surface area (Å²) in [5.74, 6) is 0.431. The van der Waals surface area contributed by atoms with Crippen molar-refractivity contribution < 1.29 is 14.3 Å². The van der Waals surface area contributed by atoms with E-state index in [0.717, 1.165) is 29.9 Å². The van der Waals surface area contributed by atoms with E-state index in [-0.39, 0.29) is 6.42 Å². The quantitative estimate of drug-likeness (QED) is 0.927. The van der Waals surface area contributed by atoms with Crippen molar-refractivity contribution in [3.63, 3.8) is 0 Å². The minimum absolute atomic E-state index is 0.0452. The summed E-state index contributed by atoms with van der Waals surface area (Å²) >= 11 is 0. The van der Waals surface area contributed by atoms with Crippen LogP contribution in [0.1, 0.15) is 35.6 Å². The van der Waals surface area contributed by atoms with E-state index in [9.17, 15) is 4.79 Å². The minimum Gasteiger partial charge on any atom is -0.481 e. The van der Waals surface area contributed by atoms with Crippen molar-refractivity contribution in [3.05, 3.63) is 40.9 Å². The number of nitrogens with zero attached hydrogens (tertiary/aromatic N) is 1. The predicted octanol–water partition coefficient (Wildman–Crippen LogP) is 3.16. The van der Waals surface area contributed by atoms with Gasteiger partial charge in [-0.1, -0.05) is 12.1 Å². The van der Waals surface area contributed by atoms with E-state index >= 15 is 0 Å². The van der Waals surface area contributed by atoms with Crippen LogP contribution in [0.25, 0.3) is 11.3 Å². The molecule has 1 aromatic carbocycles. The maximum atomic E-state index is 10.6. The maximum absolute atomic E-state index is 10.6. The lowest BCUT2D eigenvalue weighted by Gasteiger charge is -2.02. The van der Waals surface area contributed by atoms with Gasteiger partial charge >= 0.3 is 5.97 Å². The Morgan fingerprint density at radius 1 is 1.35 bits per heavy atom. The second-order valence-corrected chi connectivity index (χ2v) is 5.25. The molecular formula is C16H17NO3. The second-order valence-electron chi connectivity index (χ2n) is 5.25. The standard InChI is InChI=1S/C16H17NO3/c1-10-16(20-14(17-10)7-8-15(18)19)13-6-5-11-3-2-4-12(11)9-13/h5-6,9H,2-4,7-8H2,1H3,(H,18,19). The van der Waals surface area contributed by atoms with Crippen LogP contribution in [0.2, 0.25) is 0 Å². The Labute approximate surface area is 117 Å². The van der Waals surface area contributed by atoms with Gasteiger partial charge in [0.25, 0.3) is 0 Å². The highest BCUT2D eigenvalue weighted by atomic mass is 16.4. The first-order chi connectivity index (χ1) is 9.63. The van der Waals surface area contributed by atoms with Crippen LogP contribution >= 0.6 is 0 Å². The Bertz CT molecular complexity index is 658. The first kappa shape index (κ1) is 12.9. The Morgan fingerprint density at radius 3 is 2.95 bits per heavy atom. The number of fused-ring (bicyclic) bond motifs is 1. The molecule has 0 aliphatic heterocycles. The third-order valence-corrected chi connectivity index (χ3v) is 3.75. The van der Waals surface area contributed by atoms with E-state index in [0.29, 0.717) is 12.3 Å². The molecule has 2 aromatic rings. The summed E-state index contributed by atoms with van der Waals surface area (Å²) in [6, 6.07) is 6.41. The van der Waals surface area contributed by atoms with Crippen molar-refractivity contribution in [2.45, 2.75) is 39.0 Å². The molecule has 0 saturated carbocycles. The van der Waals surface area contributed by atoms with Crippen LogP contribution in [-0.4, -0.2) is 16.1 Å². The van der Waals surface area contributed by atoms with Crippen LogP contribution in [0.4, 0.5) is 0 Å². The van der Waals surface area contributed by atoms with E-state index < -0.39 is 5.97 Å². The molecule has 0 unspecified atom stereocenters. The van der Waals surface area contributed by atoms with Crippen LogP contribution in [-0.2, 0) is 24.1 Å². The molecule has 0 fully saturated rings. The van der Waals surface area contributed by atoms with Crippen molar-refractivity contribution in [1.29, 1.82) is 0 Å².